The fourth-order valence-corrected chi connectivity index (χ4v) is 6.83. The molecule has 0 unspecified atom stereocenters. The summed E-state index contributed by atoms with van der Waals surface area (Å²) in [6, 6.07) is -3.63. The fourth-order valence-electron chi connectivity index (χ4n) is 6.83. The van der Waals surface area contributed by atoms with E-state index in [1.165, 1.54) is 18.6 Å². The first kappa shape index (κ1) is 33.5. The lowest BCUT2D eigenvalue weighted by atomic mass is 9.85. The molecule has 1 aromatic heterocycles. The second-order valence-corrected chi connectivity index (χ2v) is 14.4. The molecule has 0 radical (unpaired) electrons. The molecule has 4 N–H and O–H groups in total. The first-order valence-corrected chi connectivity index (χ1v) is 16.7. The maximum atomic E-state index is 14.4. The third-order valence-corrected chi connectivity index (χ3v) is 9.65. The van der Waals surface area contributed by atoms with Gasteiger partial charge < -0.3 is 26.2 Å². The van der Waals surface area contributed by atoms with Crippen LogP contribution >= 0.6 is 0 Å². The molecule has 0 aromatic carbocycles. The van der Waals surface area contributed by atoms with E-state index >= 15 is 0 Å². The zero-order valence-corrected chi connectivity index (χ0v) is 27.2. The van der Waals surface area contributed by atoms with E-state index in [-0.39, 0.29) is 35.4 Å². The first-order chi connectivity index (χ1) is 21.9. The lowest BCUT2D eigenvalue weighted by Gasteiger charge is -2.37. The quantitative estimate of drug-likeness (QED) is 0.234. The average molecular weight is 638 g/mol. The van der Waals surface area contributed by atoms with Crippen LogP contribution in [0.3, 0.4) is 0 Å². The number of rotatable bonds is 13. The van der Waals surface area contributed by atoms with Gasteiger partial charge >= 0.3 is 0 Å². The van der Waals surface area contributed by atoms with Gasteiger partial charge in [-0.15, -0.1) is 0 Å². The Labute approximate surface area is 269 Å². The van der Waals surface area contributed by atoms with Crippen molar-refractivity contribution < 1.29 is 28.8 Å². The summed E-state index contributed by atoms with van der Waals surface area (Å²) in [5.74, 6) is -3.19. The van der Waals surface area contributed by atoms with Gasteiger partial charge in [-0.25, -0.2) is 4.98 Å². The summed E-state index contributed by atoms with van der Waals surface area (Å²) >= 11 is 0. The minimum absolute atomic E-state index is 0.0148. The standard InChI is InChI=1S/C33H47N7O6/c1-5-7-22(26(41)31(45)36-20-12-13-20)37-30(44)25-21-9-6-8-19(21)17-40(25)32(46)27(33(2,3)4)39-29(43)24(18-10-11-18)38-28(42)23-16-34-14-15-35-23/h14-16,18-22,24-25,27H,5-13,17H2,1-4H3,(H,36,45)(H,37,44)(H,38,42)(H,39,43)/t19-,21-,22-,24-,25-,27+/m0/s1. The van der Waals surface area contributed by atoms with Crippen LogP contribution in [0.25, 0.3) is 0 Å². The number of fused-ring (bicyclic) bond motifs is 1. The van der Waals surface area contributed by atoms with E-state index in [4.69, 9.17) is 0 Å². The van der Waals surface area contributed by atoms with Crippen LogP contribution in [0.1, 0.15) is 96.0 Å². The van der Waals surface area contributed by atoms with Crippen molar-refractivity contribution >= 4 is 35.3 Å². The van der Waals surface area contributed by atoms with Gasteiger partial charge in [0.1, 0.15) is 23.8 Å². The zero-order valence-electron chi connectivity index (χ0n) is 27.2. The van der Waals surface area contributed by atoms with E-state index in [2.05, 4.69) is 31.2 Å². The number of likely N-dealkylation sites (tertiary alicyclic amines) is 1. The number of nitrogens with zero attached hydrogens (tertiary/aromatic N) is 3. The van der Waals surface area contributed by atoms with Crippen LogP contribution in [0.2, 0.25) is 0 Å². The average Bonchev–Trinajstić information content (AvgIpc) is 3.94. The Morgan fingerprint density at radius 3 is 2.30 bits per heavy atom. The molecule has 3 saturated carbocycles. The van der Waals surface area contributed by atoms with Crippen LogP contribution in [0.5, 0.6) is 0 Å². The van der Waals surface area contributed by atoms with Crippen LogP contribution in [-0.4, -0.2) is 86.9 Å². The molecule has 13 nitrogen and oxygen atoms in total. The van der Waals surface area contributed by atoms with Gasteiger partial charge in [0, 0.05) is 25.0 Å². The lowest BCUT2D eigenvalue weighted by Crippen LogP contribution is -2.62. The number of ketones is 1. The number of amides is 5. The summed E-state index contributed by atoms with van der Waals surface area (Å²) in [5.41, 5.74) is -0.637. The van der Waals surface area contributed by atoms with Gasteiger partial charge in [-0.3, -0.25) is 33.8 Å². The van der Waals surface area contributed by atoms with Crippen molar-refractivity contribution in [1.29, 1.82) is 0 Å². The monoisotopic (exact) mass is 637 g/mol. The molecule has 46 heavy (non-hydrogen) atoms. The van der Waals surface area contributed by atoms with Gasteiger partial charge in [0.05, 0.1) is 12.2 Å². The van der Waals surface area contributed by atoms with E-state index in [1.807, 2.05) is 27.7 Å². The summed E-state index contributed by atoms with van der Waals surface area (Å²) in [6.45, 7) is 7.79. The topological polar surface area (TPSA) is 180 Å². The van der Waals surface area contributed by atoms with E-state index < -0.39 is 59.0 Å². The minimum atomic E-state index is -0.985. The predicted molar refractivity (Wildman–Crippen MR) is 167 cm³/mol. The SMILES string of the molecule is CCC[C@H](NC(=O)[C@@H]1[C@H]2CCC[C@H]2CN1C(=O)[C@@H](NC(=O)[C@@H](NC(=O)c1cnccn1)C1CC1)C(C)(C)C)C(=O)C(=O)NC1CC1. The molecule has 0 spiro atoms. The number of hydrogen-bond donors (Lipinski definition) is 4. The molecule has 1 aliphatic heterocycles. The third kappa shape index (κ3) is 7.72. The molecule has 13 heteroatoms. The zero-order chi connectivity index (χ0) is 33.2. The van der Waals surface area contributed by atoms with Crippen LogP contribution in [-0.2, 0) is 24.0 Å². The Hall–Kier alpha value is -3.90. The summed E-state index contributed by atoms with van der Waals surface area (Å²) in [7, 11) is 0. The molecule has 1 aromatic rings. The van der Waals surface area contributed by atoms with Gasteiger partial charge in [0.15, 0.2) is 0 Å². The second kappa shape index (κ2) is 13.8. The Kier molecular flexibility index (Phi) is 10.1. The normalized spacial score (nSPS) is 24.3. The Morgan fingerprint density at radius 1 is 0.957 bits per heavy atom. The summed E-state index contributed by atoms with van der Waals surface area (Å²) in [5, 5.41) is 11.3. The highest BCUT2D eigenvalue weighted by Gasteiger charge is 2.52. The highest BCUT2D eigenvalue weighted by molar-refractivity contribution is 6.38. The van der Waals surface area contributed by atoms with Crippen LogP contribution in [0, 0.1) is 23.2 Å². The summed E-state index contributed by atoms with van der Waals surface area (Å²) < 4.78 is 0. The number of carbonyl (C=O) groups excluding carboxylic acids is 6. The van der Waals surface area contributed by atoms with Crippen LogP contribution < -0.4 is 21.3 Å². The number of carbonyl (C=O) groups is 6. The maximum Gasteiger partial charge on any atom is 0.289 e. The fraction of sp³-hybridized carbons (Fsp3) is 0.697. The molecular weight excluding hydrogens is 590 g/mol. The number of aromatic nitrogens is 2. The molecule has 6 atom stereocenters. The smallest absolute Gasteiger partial charge is 0.289 e. The number of hydrogen-bond acceptors (Lipinski definition) is 8. The van der Waals surface area contributed by atoms with Gasteiger partial charge in [0.25, 0.3) is 11.8 Å². The van der Waals surface area contributed by atoms with E-state index in [0.717, 1.165) is 44.9 Å². The number of nitrogens with one attached hydrogen (secondary N) is 4. The van der Waals surface area contributed by atoms with Crippen molar-refractivity contribution in [2.75, 3.05) is 6.54 Å². The molecule has 5 amide bonds. The predicted octanol–water partition coefficient (Wildman–Crippen LogP) is 1.28. The highest BCUT2D eigenvalue weighted by atomic mass is 16.2. The largest absolute Gasteiger partial charge is 0.347 e. The van der Waals surface area contributed by atoms with E-state index in [9.17, 15) is 28.8 Å². The summed E-state index contributed by atoms with van der Waals surface area (Å²) in [6.07, 6.45) is 10.9. The van der Waals surface area contributed by atoms with Gasteiger partial charge in [0.2, 0.25) is 23.5 Å². The van der Waals surface area contributed by atoms with Crippen LogP contribution in [0.4, 0.5) is 0 Å². The number of Topliss-reactive ketones (excluding diaryl/α,β-unsaturated/α-hetero) is 1. The van der Waals surface area contributed by atoms with Gasteiger partial charge in [-0.1, -0.05) is 40.5 Å². The lowest BCUT2D eigenvalue weighted by molar-refractivity contribution is -0.146. The third-order valence-electron chi connectivity index (χ3n) is 9.65. The molecular formula is C33H47N7O6. The molecule has 3 aliphatic carbocycles. The first-order valence-electron chi connectivity index (χ1n) is 16.7. The van der Waals surface area contributed by atoms with Crippen molar-refractivity contribution in [1.82, 2.24) is 36.1 Å². The van der Waals surface area contributed by atoms with Crippen molar-refractivity contribution in [3.63, 3.8) is 0 Å². The minimum Gasteiger partial charge on any atom is -0.347 e. The summed E-state index contributed by atoms with van der Waals surface area (Å²) in [4.78, 5) is 90.1. The molecule has 4 aliphatic rings. The van der Waals surface area contributed by atoms with Gasteiger partial charge in [-0.05, 0) is 68.1 Å². The maximum absolute atomic E-state index is 14.4. The molecule has 250 valence electrons. The Bertz CT molecular complexity index is 1340. The van der Waals surface area contributed by atoms with Crippen molar-refractivity contribution in [2.24, 2.45) is 23.2 Å². The van der Waals surface area contributed by atoms with Gasteiger partial charge in [-0.2, -0.15) is 0 Å². The Balaban J connectivity index is 1.33. The van der Waals surface area contributed by atoms with Crippen molar-refractivity contribution in [2.45, 2.75) is 116 Å². The van der Waals surface area contributed by atoms with Crippen molar-refractivity contribution in [3.05, 3.63) is 24.3 Å². The highest BCUT2D eigenvalue weighted by Crippen LogP contribution is 2.43. The molecule has 4 fully saturated rings. The molecule has 0 bridgehead atoms. The van der Waals surface area contributed by atoms with E-state index in [1.54, 1.807) is 4.90 Å². The second-order valence-electron chi connectivity index (χ2n) is 14.4. The Morgan fingerprint density at radius 2 is 1.70 bits per heavy atom. The molecule has 5 rings (SSSR count). The van der Waals surface area contributed by atoms with E-state index in [0.29, 0.717) is 19.4 Å². The van der Waals surface area contributed by atoms with Crippen LogP contribution in [0.15, 0.2) is 18.6 Å². The molecule has 1 saturated heterocycles. The van der Waals surface area contributed by atoms with Crippen molar-refractivity contribution in [3.8, 4) is 0 Å². The molecule has 2 heterocycles.